The maximum Gasteiger partial charge on any atom is 0.410 e. The highest BCUT2D eigenvalue weighted by Gasteiger charge is 2.60. The highest BCUT2D eigenvalue weighted by Crippen LogP contribution is 2.41. The zero-order valence-corrected chi connectivity index (χ0v) is 39.2. The molecule has 0 radical (unpaired) electrons. The van der Waals surface area contributed by atoms with Crippen molar-refractivity contribution in [3.05, 3.63) is 30.6 Å². The molecule has 3 aliphatic rings. The summed E-state index contributed by atoms with van der Waals surface area (Å²) in [7, 11) is 5.20. The first kappa shape index (κ1) is 51.3. The number of ether oxygens (including phenoxy) is 5. The van der Waals surface area contributed by atoms with E-state index in [1.807, 2.05) is 64.2 Å². The fourth-order valence-corrected chi connectivity index (χ4v) is 9.26. The zero-order valence-electron chi connectivity index (χ0n) is 38.4. The SMILES string of the molecule is CC[C@H]1OC(=O)[C@@](C)(F)C(=O)[C@H](C)[C@@H](O[C@@H]2OC(C)CC(N(C)C)C2O)[C@](C)(OC)C[C@@H](C)CN[C@H](C)[C@H]2N(CCCCn3cc(-c4ccccn4)nn3)C(=O)O[C@]12C.CSF. The summed E-state index contributed by atoms with van der Waals surface area (Å²) in [6.07, 6.45) is 1.83. The van der Waals surface area contributed by atoms with Gasteiger partial charge in [-0.3, -0.25) is 19.4 Å². The number of Topliss-reactive ketones (excluding diaryl/α,β-unsaturated/α-hetero) is 1. The molecule has 13 atom stereocenters. The van der Waals surface area contributed by atoms with Crippen LogP contribution in [0.3, 0.4) is 0 Å². The number of amides is 1. The largest absolute Gasteiger partial charge is 0.455 e. The number of alkyl halides is 1. The lowest BCUT2D eigenvalue weighted by molar-refractivity contribution is -0.295. The number of aliphatic hydroxyl groups is 1. The number of carbonyl (C=O) groups is 3. The van der Waals surface area contributed by atoms with Crippen molar-refractivity contribution in [2.75, 3.05) is 40.6 Å². The summed E-state index contributed by atoms with van der Waals surface area (Å²) in [5.41, 5.74) is -4.38. The van der Waals surface area contributed by atoms with Gasteiger partial charge >= 0.3 is 12.1 Å². The summed E-state index contributed by atoms with van der Waals surface area (Å²) >= 11 is 0.250. The van der Waals surface area contributed by atoms with Gasteiger partial charge in [0, 0.05) is 62.8 Å². The predicted octanol–water partition coefficient (Wildman–Crippen LogP) is 5.42. The van der Waals surface area contributed by atoms with Gasteiger partial charge in [-0.25, -0.2) is 14.0 Å². The van der Waals surface area contributed by atoms with Gasteiger partial charge in [-0.15, -0.1) is 5.10 Å². The Balaban J connectivity index is 0.00000273. The third-order valence-corrected chi connectivity index (χ3v) is 12.6. The Morgan fingerprint density at radius 3 is 2.37 bits per heavy atom. The van der Waals surface area contributed by atoms with Crippen LogP contribution in [0.15, 0.2) is 30.6 Å². The van der Waals surface area contributed by atoms with Crippen LogP contribution in [0.25, 0.3) is 11.4 Å². The Morgan fingerprint density at radius 1 is 1.08 bits per heavy atom. The van der Waals surface area contributed by atoms with Gasteiger partial charge in [0.25, 0.3) is 5.67 Å². The Labute approximate surface area is 369 Å². The van der Waals surface area contributed by atoms with Crippen molar-refractivity contribution in [1.29, 1.82) is 0 Å². The number of aryl methyl sites for hydroxylation is 1. The second-order valence-electron chi connectivity index (χ2n) is 17.7. The Hall–Kier alpha value is -3.33. The number of pyridine rings is 1. The number of esters is 1. The van der Waals surface area contributed by atoms with Gasteiger partial charge in [0.1, 0.15) is 17.9 Å². The minimum absolute atomic E-state index is 0.112. The van der Waals surface area contributed by atoms with Crippen LogP contribution < -0.4 is 5.32 Å². The lowest BCUT2D eigenvalue weighted by atomic mass is 9.78. The molecule has 3 saturated heterocycles. The smallest absolute Gasteiger partial charge is 0.410 e. The van der Waals surface area contributed by atoms with Gasteiger partial charge in [-0.05, 0) is 105 Å². The molecule has 1 amide bonds. The molecular formula is C43H69F2N7O9S. The van der Waals surface area contributed by atoms with E-state index in [9.17, 15) is 23.4 Å². The molecular weight excluding hydrogens is 829 g/mol. The topological polar surface area (TPSA) is 180 Å². The number of methoxy groups -OCH3 is 1. The van der Waals surface area contributed by atoms with Crippen molar-refractivity contribution < 1.29 is 51.5 Å². The van der Waals surface area contributed by atoms with E-state index in [0.717, 1.165) is 12.6 Å². The van der Waals surface area contributed by atoms with Crippen molar-refractivity contribution in [1.82, 2.24) is 35.1 Å². The summed E-state index contributed by atoms with van der Waals surface area (Å²) in [4.78, 5) is 49.9. The number of likely N-dealkylation sites (N-methyl/N-ethyl adjacent to an activating group) is 1. The molecule has 0 aliphatic carbocycles. The van der Waals surface area contributed by atoms with Gasteiger partial charge in [-0.1, -0.05) is 32.1 Å². The molecule has 3 aliphatic heterocycles. The number of halogens is 2. The Kier molecular flexibility index (Phi) is 18.2. The van der Waals surface area contributed by atoms with Gasteiger partial charge < -0.3 is 39.0 Å². The molecule has 350 valence electrons. The number of carbonyl (C=O) groups excluding carboxylic acids is 3. The summed E-state index contributed by atoms with van der Waals surface area (Å²) in [5.74, 6) is -3.85. The summed E-state index contributed by atoms with van der Waals surface area (Å²) < 4.78 is 59.7. The van der Waals surface area contributed by atoms with Crippen molar-refractivity contribution in [3.8, 4) is 11.4 Å². The van der Waals surface area contributed by atoms with Crippen LogP contribution in [-0.2, 0) is 39.8 Å². The average Bonchev–Trinajstić information content (AvgIpc) is 3.81. The van der Waals surface area contributed by atoms with Crippen molar-refractivity contribution >= 4 is 30.0 Å². The number of fused-ring (bicyclic) bond motifs is 1. The van der Waals surface area contributed by atoms with Crippen LogP contribution in [0, 0.1) is 11.8 Å². The number of hydrogen-bond donors (Lipinski definition) is 2. The first-order valence-corrected chi connectivity index (χ1v) is 22.6. The van der Waals surface area contributed by atoms with Crippen molar-refractivity contribution in [2.24, 2.45) is 11.8 Å². The molecule has 3 unspecified atom stereocenters. The van der Waals surface area contributed by atoms with Gasteiger partial charge in [-0.2, -0.15) is 3.89 Å². The molecule has 0 aromatic carbocycles. The average molecular weight is 898 g/mol. The number of nitrogens with one attached hydrogen (secondary N) is 1. The third-order valence-electron chi connectivity index (χ3n) is 12.6. The van der Waals surface area contributed by atoms with Crippen LogP contribution >= 0.6 is 12.1 Å². The molecule has 5 heterocycles. The van der Waals surface area contributed by atoms with Crippen LogP contribution in [0.1, 0.15) is 87.5 Å². The first-order chi connectivity index (χ1) is 29.2. The monoisotopic (exact) mass is 897 g/mol. The number of rotatable bonds is 11. The minimum Gasteiger partial charge on any atom is -0.455 e. The molecule has 62 heavy (non-hydrogen) atoms. The Bertz CT molecular complexity index is 1760. The molecule has 3 fully saturated rings. The number of cyclic esters (lactones) is 1. The molecule has 5 rings (SSSR count). The van der Waals surface area contributed by atoms with E-state index >= 15 is 4.39 Å². The van der Waals surface area contributed by atoms with E-state index < -0.39 is 77.3 Å². The van der Waals surface area contributed by atoms with E-state index in [2.05, 4.69) is 20.6 Å². The van der Waals surface area contributed by atoms with E-state index in [1.165, 1.54) is 20.3 Å². The molecule has 19 heteroatoms. The van der Waals surface area contributed by atoms with Crippen LogP contribution in [0.4, 0.5) is 13.1 Å². The fourth-order valence-electron chi connectivity index (χ4n) is 9.26. The van der Waals surface area contributed by atoms with Gasteiger partial charge in [0.15, 0.2) is 17.7 Å². The van der Waals surface area contributed by atoms with Crippen molar-refractivity contribution in [2.45, 2.75) is 160 Å². The molecule has 16 nitrogen and oxygen atoms in total. The predicted molar refractivity (Wildman–Crippen MR) is 230 cm³/mol. The number of nitrogens with zero attached hydrogens (tertiary/aromatic N) is 6. The van der Waals surface area contributed by atoms with Gasteiger partial charge in [0.05, 0.1) is 35.7 Å². The maximum atomic E-state index is 16.9. The van der Waals surface area contributed by atoms with Crippen LogP contribution in [0.2, 0.25) is 0 Å². The summed E-state index contributed by atoms with van der Waals surface area (Å²) in [6.45, 7) is 14.8. The maximum absolute atomic E-state index is 16.9. The number of aliphatic hydroxyl groups excluding tert-OH is 1. The van der Waals surface area contributed by atoms with Crippen LogP contribution in [0.5, 0.6) is 0 Å². The normalized spacial score (nSPS) is 36.2. The fraction of sp³-hybridized carbons (Fsp3) is 0.767. The standard InChI is InChI=1S/C42H66FN7O9.CH3FS/c1-12-32-42(8)34(50(39(54)59-42)20-16-15-19-49-24-30(46-47-49)29-17-13-14-18-44-29)28(5)45-23-25(2)22-40(6,55-11)36(27(4)35(52)41(7,43)38(53)57-32)58-37-33(51)31(48(9)10)21-26(3)56-37;1-3-2/h13-14,17-18,24-28,31-34,36-37,45,51H,12,15-16,19-23H2,1-11H3;1H3/t25-,26?,27+,28-,31?,32-,33?,34-,36-,37+,40-,41+,42-;/m1./s1. The molecule has 2 aromatic rings. The number of unbranched alkanes of at least 4 members (excludes halogenated alkanes) is 1. The zero-order chi connectivity index (χ0) is 46.2. The minimum atomic E-state index is -3.13. The molecule has 2 N–H and O–H groups in total. The lowest BCUT2D eigenvalue weighted by Gasteiger charge is -2.47. The van der Waals surface area contributed by atoms with Gasteiger partial charge in [0.2, 0.25) is 0 Å². The molecule has 2 aromatic heterocycles. The summed E-state index contributed by atoms with van der Waals surface area (Å²) in [6, 6.07) is 4.24. The van der Waals surface area contributed by atoms with Crippen LogP contribution in [-0.4, -0.2) is 159 Å². The molecule has 0 saturated carbocycles. The second-order valence-corrected chi connectivity index (χ2v) is 18.1. The quantitative estimate of drug-likeness (QED) is 0.166. The summed E-state index contributed by atoms with van der Waals surface area (Å²) in [5, 5.41) is 23.5. The van der Waals surface area contributed by atoms with E-state index in [1.54, 1.807) is 36.5 Å². The second kappa shape index (κ2) is 22.0. The molecule has 0 spiro atoms. The highest BCUT2D eigenvalue weighted by atomic mass is 32.2. The number of hydrogen-bond acceptors (Lipinski definition) is 15. The number of aromatic nitrogens is 4. The third kappa shape index (κ3) is 11.7. The van der Waals surface area contributed by atoms with E-state index in [4.69, 9.17) is 23.7 Å². The first-order valence-electron chi connectivity index (χ1n) is 21.5. The van der Waals surface area contributed by atoms with E-state index in [-0.39, 0.29) is 36.6 Å². The lowest BCUT2D eigenvalue weighted by Crippen LogP contribution is -2.61. The molecule has 0 bridgehead atoms. The van der Waals surface area contributed by atoms with Crippen molar-refractivity contribution in [3.63, 3.8) is 0 Å². The number of ketones is 1. The Morgan fingerprint density at radius 2 is 1.76 bits per heavy atom. The highest BCUT2D eigenvalue weighted by molar-refractivity contribution is 7.93. The van der Waals surface area contributed by atoms with E-state index in [0.29, 0.717) is 51.0 Å².